The van der Waals surface area contributed by atoms with E-state index in [0.29, 0.717) is 0 Å². The van der Waals surface area contributed by atoms with E-state index in [1.165, 1.54) is 0 Å². The Kier molecular flexibility index (Phi) is 7.46. The summed E-state index contributed by atoms with van der Waals surface area (Å²) in [6.45, 7) is 0.301. The maximum absolute atomic E-state index is 12.8. The van der Waals surface area contributed by atoms with Crippen molar-refractivity contribution in [1.29, 1.82) is 0 Å². The fourth-order valence-corrected chi connectivity index (χ4v) is 3.11. The minimum absolute atomic E-state index is 0.0907. The first kappa shape index (κ1) is 17.9. The molecule has 2 aromatic rings. The van der Waals surface area contributed by atoms with Crippen molar-refractivity contribution in [2.75, 3.05) is 19.6 Å². The lowest BCUT2D eigenvalue weighted by atomic mass is 10.2. The highest BCUT2D eigenvalue weighted by Crippen LogP contribution is 2.49. The van der Waals surface area contributed by atoms with Crippen LogP contribution in [0.5, 0.6) is 0 Å². The lowest BCUT2D eigenvalue weighted by Gasteiger charge is -2.18. The van der Waals surface area contributed by atoms with Gasteiger partial charge in [0, 0.05) is 0 Å². The molecule has 0 atom stereocenters. The maximum Gasteiger partial charge on any atom is 0.356 e. The van der Waals surface area contributed by atoms with Crippen molar-refractivity contribution in [2.45, 2.75) is 13.2 Å². The van der Waals surface area contributed by atoms with Crippen LogP contribution in [0.4, 0.5) is 0 Å². The highest BCUT2D eigenvalue weighted by molar-refractivity contribution is 7.53. The third kappa shape index (κ3) is 6.65. The molecule has 0 bridgehead atoms. The number of rotatable bonds is 10. The predicted molar refractivity (Wildman–Crippen MR) is 88.0 cm³/mol. The first-order valence-electron chi connectivity index (χ1n) is 7.36. The number of hydrogen-bond acceptors (Lipinski definition) is 5. The Morgan fingerprint density at radius 3 is 1.74 bits per heavy atom. The number of hydrogen-bond donors (Lipinski definition) is 1. The third-order valence-corrected chi connectivity index (χ3v) is 4.57. The van der Waals surface area contributed by atoms with Gasteiger partial charge in [-0.15, -0.1) is 0 Å². The average molecular weight is 336 g/mol. The van der Waals surface area contributed by atoms with E-state index < -0.39 is 7.60 Å². The fourth-order valence-electron chi connectivity index (χ4n) is 1.85. The van der Waals surface area contributed by atoms with E-state index in [9.17, 15) is 4.57 Å². The zero-order chi connectivity index (χ0) is 16.4. The van der Waals surface area contributed by atoms with Crippen molar-refractivity contribution in [2.24, 2.45) is 0 Å². The predicted octanol–water partition coefficient (Wildman–Crippen LogP) is 3.58. The number of aliphatic hydroxyl groups is 1. The minimum atomic E-state index is -3.41. The normalized spacial score (nSPS) is 11.5. The molecule has 0 radical (unpaired) electrons. The van der Waals surface area contributed by atoms with Gasteiger partial charge in [-0.25, -0.2) is 0 Å². The standard InChI is InChI=1S/C17H21O5P/c18-11-12-20-15-23(19,21-13-16-7-3-1-4-8-16)22-14-17-9-5-2-6-10-17/h1-10,18H,11-15H2. The van der Waals surface area contributed by atoms with Crippen LogP contribution in [-0.2, 0) is 31.6 Å². The molecule has 0 unspecified atom stereocenters. The van der Waals surface area contributed by atoms with Gasteiger partial charge in [-0.3, -0.25) is 4.57 Å². The summed E-state index contributed by atoms with van der Waals surface area (Å²) in [6, 6.07) is 18.9. The Morgan fingerprint density at radius 1 is 0.826 bits per heavy atom. The van der Waals surface area contributed by atoms with Gasteiger partial charge < -0.3 is 18.9 Å². The number of ether oxygens (including phenoxy) is 1. The summed E-state index contributed by atoms with van der Waals surface area (Å²) in [5.74, 6) is 0. The second-order valence-corrected chi connectivity index (χ2v) is 6.89. The molecule has 2 aromatic carbocycles. The van der Waals surface area contributed by atoms with E-state index in [2.05, 4.69) is 0 Å². The third-order valence-electron chi connectivity index (χ3n) is 3.03. The van der Waals surface area contributed by atoms with Gasteiger partial charge >= 0.3 is 7.60 Å². The lowest BCUT2D eigenvalue weighted by molar-refractivity contribution is 0.0940. The van der Waals surface area contributed by atoms with Crippen molar-refractivity contribution >= 4 is 7.60 Å². The van der Waals surface area contributed by atoms with Gasteiger partial charge in [0.2, 0.25) is 0 Å². The topological polar surface area (TPSA) is 65.0 Å². The zero-order valence-electron chi connectivity index (χ0n) is 12.8. The molecule has 6 heteroatoms. The molecule has 5 nitrogen and oxygen atoms in total. The Balaban J connectivity index is 1.94. The summed E-state index contributed by atoms with van der Waals surface area (Å²) in [5, 5.41) is 8.78. The van der Waals surface area contributed by atoms with Gasteiger partial charge in [-0.1, -0.05) is 60.7 Å². The molecule has 124 valence electrons. The highest BCUT2D eigenvalue weighted by Gasteiger charge is 2.25. The van der Waals surface area contributed by atoms with Crippen LogP contribution in [0.25, 0.3) is 0 Å². The Hall–Kier alpha value is -1.49. The minimum Gasteiger partial charge on any atom is -0.394 e. The molecule has 0 fully saturated rings. The molecule has 23 heavy (non-hydrogen) atoms. The Bertz CT molecular complexity index is 555. The summed E-state index contributed by atoms with van der Waals surface area (Å²) < 4.78 is 29.0. The van der Waals surface area contributed by atoms with Crippen molar-refractivity contribution in [3.05, 3.63) is 71.8 Å². The fraction of sp³-hybridized carbons (Fsp3) is 0.294. The molecule has 1 N–H and O–H groups in total. The quantitative estimate of drug-likeness (QED) is 0.531. The van der Waals surface area contributed by atoms with Crippen LogP contribution in [0.2, 0.25) is 0 Å². The molecular formula is C17H21O5P. The lowest BCUT2D eigenvalue weighted by Crippen LogP contribution is -2.06. The summed E-state index contributed by atoms with van der Waals surface area (Å²) in [5.41, 5.74) is 1.80. The van der Waals surface area contributed by atoms with E-state index in [0.717, 1.165) is 11.1 Å². The van der Waals surface area contributed by atoms with Gasteiger partial charge in [-0.05, 0) is 11.1 Å². The largest absolute Gasteiger partial charge is 0.394 e. The number of benzene rings is 2. The first-order valence-corrected chi connectivity index (χ1v) is 9.09. The van der Waals surface area contributed by atoms with Crippen molar-refractivity contribution < 1.29 is 23.5 Å². The van der Waals surface area contributed by atoms with Crippen LogP contribution >= 0.6 is 7.60 Å². The molecule has 0 saturated carbocycles. The molecule has 0 amide bonds. The van der Waals surface area contributed by atoms with Crippen LogP contribution in [0, 0.1) is 0 Å². The molecular weight excluding hydrogens is 315 g/mol. The summed E-state index contributed by atoms with van der Waals surface area (Å²) in [6.07, 6.45) is -0.187. The van der Waals surface area contributed by atoms with Crippen molar-refractivity contribution in [1.82, 2.24) is 0 Å². The van der Waals surface area contributed by atoms with Gasteiger partial charge in [0.25, 0.3) is 0 Å². The first-order chi connectivity index (χ1) is 11.2. The second-order valence-electron chi connectivity index (χ2n) is 4.89. The molecule has 0 saturated heterocycles. The van der Waals surface area contributed by atoms with E-state index in [-0.39, 0.29) is 32.8 Å². The monoisotopic (exact) mass is 336 g/mol. The van der Waals surface area contributed by atoms with Crippen LogP contribution in [-0.4, -0.2) is 24.7 Å². The zero-order valence-corrected chi connectivity index (χ0v) is 13.7. The van der Waals surface area contributed by atoms with E-state index in [1.807, 2.05) is 60.7 Å². The van der Waals surface area contributed by atoms with Gasteiger partial charge in [-0.2, -0.15) is 0 Å². The summed E-state index contributed by atoms with van der Waals surface area (Å²) >= 11 is 0. The van der Waals surface area contributed by atoms with Crippen LogP contribution in [0.15, 0.2) is 60.7 Å². The second kappa shape index (κ2) is 9.60. The molecule has 0 spiro atoms. The highest BCUT2D eigenvalue weighted by atomic mass is 31.2. The van der Waals surface area contributed by atoms with Gasteiger partial charge in [0.05, 0.1) is 26.4 Å². The number of aliphatic hydroxyl groups excluding tert-OH is 1. The molecule has 0 aliphatic carbocycles. The van der Waals surface area contributed by atoms with Gasteiger partial charge in [0.1, 0.15) is 6.35 Å². The molecule has 0 aromatic heterocycles. The van der Waals surface area contributed by atoms with Crippen LogP contribution in [0.1, 0.15) is 11.1 Å². The van der Waals surface area contributed by atoms with Gasteiger partial charge in [0.15, 0.2) is 0 Å². The van der Waals surface area contributed by atoms with Crippen molar-refractivity contribution in [3.63, 3.8) is 0 Å². The smallest absolute Gasteiger partial charge is 0.356 e. The van der Waals surface area contributed by atoms with Crippen LogP contribution < -0.4 is 0 Å². The van der Waals surface area contributed by atoms with E-state index in [1.54, 1.807) is 0 Å². The maximum atomic E-state index is 12.8. The molecule has 0 aliphatic rings. The Morgan fingerprint density at radius 2 is 1.30 bits per heavy atom. The summed E-state index contributed by atoms with van der Waals surface area (Å²) in [4.78, 5) is 0. The van der Waals surface area contributed by atoms with Crippen LogP contribution in [0.3, 0.4) is 0 Å². The molecule has 0 heterocycles. The van der Waals surface area contributed by atoms with E-state index in [4.69, 9.17) is 18.9 Å². The van der Waals surface area contributed by atoms with E-state index >= 15 is 0 Å². The SMILES string of the molecule is O=P(COCCO)(OCc1ccccc1)OCc1ccccc1. The average Bonchev–Trinajstić information content (AvgIpc) is 2.61. The van der Waals surface area contributed by atoms with Crippen molar-refractivity contribution in [3.8, 4) is 0 Å². The summed E-state index contributed by atoms with van der Waals surface area (Å²) in [7, 11) is -3.41. The molecule has 2 rings (SSSR count). The Labute approximate surface area is 136 Å². The molecule has 0 aliphatic heterocycles.